The number of hydrogen-bond acceptors (Lipinski definition) is 6. The van der Waals surface area contributed by atoms with Crippen molar-refractivity contribution in [3.8, 4) is 11.4 Å². The molecule has 32 heavy (non-hydrogen) atoms. The molecular weight excluding hydrogens is 448 g/mol. The average Bonchev–Trinajstić information content (AvgIpc) is 3.47. The summed E-state index contributed by atoms with van der Waals surface area (Å²) < 4.78 is 13.0. The second-order valence-corrected chi connectivity index (χ2v) is 8.56. The predicted octanol–water partition coefficient (Wildman–Crippen LogP) is 4.89. The average molecular weight is 469 g/mol. The molecule has 2 heterocycles. The number of halogens is 1. The third-order valence-electron chi connectivity index (χ3n) is 4.58. The molecule has 0 aliphatic rings. The molecule has 4 aromatic rings. The van der Waals surface area contributed by atoms with Gasteiger partial charge in [0.15, 0.2) is 11.0 Å². The zero-order chi connectivity index (χ0) is 22.3. The molecule has 0 radical (unpaired) electrons. The first-order valence-corrected chi connectivity index (χ1v) is 11.2. The number of ether oxygens (including phenoxy) is 1. The molecule has 1 atom stereocenters. The number of nitrogens with one attached hydrogen (secondary N) is 1. The minimum absolute atomic E-state index is 0.122. The van der Waals surface area contributed by atoms with Crippen molar-refractivity contribution in [3.05, 3.63) is 89.6 Å². The molecule has 0 aliphatic carbocycles. The summed E-state index contributed by atoms with van der Waals surface area (Å²) in [7, 11) is 0. The standard InChI is InChI=1S/C23H21ClN4O3S/c1-16(22(29)25-14-18-10-7-13-30-18)32-23-27-26-21(28(23)17-8-3-2-4-9-17)15-31-20-12-6-5-11-19(20)24/h2-13,16H,14-15H2,1H3,(H,25,29)/t16-/m0/s1. The lowest BCUT2D eigenvalue weighted by Gasteiger charge is -2.14. The van der Waals surface area contributed by atoms with E-state index in [0.29, 0.717) is 34.1 Å². The van der Waals surface area contributed by atoms with Crippen LogP contribution in [0.1, 0.15) is 18.5 Å². The Morgan fingerprint density at radius 1 is 1.12 bits per heavy atom. The molecule has 0 saturated heterocycles. The summed E-state index contributed by atoms with van der Waals surface area (Å²) in [6.45, 7) is 2.33. The molecule has 7 nitrogen and oxygen atoms in total. The van der Waals surface area contributed by atoms with Crippen molar-refractivity contribution < 1.29 is 13.9 Å². The fourth-order valence-electron chi connectivity index (χ4n) is 2.95. The van der Waals surface area contributed by atoms with E-state index in [1.54, 1.807) is 24.5 Å². The summed E-state index contributed by atoms with van der Waals surface area (Å²) in [5.74, 6) is 1.74. The normalized spacial score (nSPS) is 11.8. The van der Waals surface area contributed by atoms with Gasteiger partial charge in [-0.3, -0.25) is 9.36 Å². The summed E-state index contributed by atoms with van der Waals surface area (Å²) in [6, 6.07) is 20.6. The van der Waals surface area contributed by atoms with E-state index in [0.717, 1.165) is 5.69 Å². The van der Waals surface area contributed by atoms with Gasteiger partial charge in [0, 0.05) is 5.69 Å². The van der Waals surface area contributed by atoms with E-state index < -0.39 is 5.25 Å². The van der Waals surface area contributed by atoms with Gasteiger partial charge in [-0.25, -0.2) is 0 Å². The number of nitrogens with zero attached hydrogens (tertiary/aromatic N) is 3. The quantitative estimate of drug-likeness (QED) is 0.352. The van der Waals surface area contributed by atoms with Crippen LogP contribution in [0.3, 0.4) is 0 Å². The fraction of sp³-hybridized carbons (Fsp3) is 0.174. The van der Waals surface area contributed by atoms with Crippen molar-refractivity contribution in [2.45, 2.75) is 30.5 Å². The van der Waals surface area contributed by atoms with Gasteiger partial charge in [-0.05, 0) is 43.3 Å². The number of furan rings is 1. The van der Waals surface area contributed by atoms with Crippen molar-refractivity contribution in [3.63, 3.8) is 0 Å². The zero-order valence-electron chi connectivity index (χ0n) is 17.3. The van der Waals surface area contributed by atoms with E-state index in [1.165, 1.54) is 11.8 Å². The van der Waals surface area contributed by atoms with Gasteiger partial charge in [-0.15, -0.1) is 10.2 Å². The Labute approximate surface area is 194 Å². The molecular formula is C23H21ClN4O3S. The zero-order valence-corrected chi connectivity index (χ0v) is 18.8. The summed E-state index contributed by atoms with van der Waals surface area (Å²) >= 11 is 7.52. The van der Waals surface area contributed by atoms with Crippen molar-refractivity contribution in [1.82, 2.24) is 20.1 Å². The summed E-state index contributed by atoms with van der Waals surface area (Å²) in [5, 5.41) is 12.2. The Kier molecular flexibility index (Phi) is 7.14. The second-order valence-electron chi connectivity index (χ2n) is 6.85. The molecule has 0 unspecified atom stereocenters. The van der Waals surface area contributed by atoms with Gasteiger partial charge in [-0.2, -0.15) is 0 Å². The predicted molar refractivity (Wildman–Crippen MR) is 123 cm³/mol. The molecule has 0 saturated carbocycles. The number of amides is 1. The smallest absolute Gasteiger partial charge is 0.233 e. The maximum Gasteiger partial charge on any atom is 0.233 e. The summed E-state index contributed by atoms with van der Waals surface area (Å²) in [5.41, 5.74) is 0.876. The van der Waals surface area contributed by atoms with Crippen LogP contribution in [-0.4, -0.2) is 25.9 Å². The van der Waals surface area contributed by atoms with Crippen LogP contribution in [0, 0.1) is 0 Å². The minimum atomic E-state index is -0.394. The highest BCUT2D eigenvalue weighted by atomic mass is 35.5. The Morgan fingerprint density at radius 3 is 2.66 bits per heavy atom. The first kappa shape index (κ1) is 22.0. The monoisotopic (exact) mass is 468 g/mol. The Morgan fingerprint density at radius 2 is 1.91 bits per heavy atom. The van der Waals surface area contributed by atoms with Crippen LogP contribution in [0.5, 0.6) is 5.75 Å². The third kappa shape index (κ3) is 5.33. The Hall–Kier alpha value is -3.23. The van der Waals surface area contributed by atoms with Gasteiger partial charge < -0.3 is 14.5 Å². The van der Waals surface area contributed by atoms with Crippen LogP contribution in [0.4, 0.5) is 0 Å². The first-order chi connectivity index (χ1) is 15.6. The molecule has 2 aromatic carbocycles. The summed E-state index contributed by atoms with van der Waals surface area (Å²) in [4.78, 5) is 12.6. The van der Waals surface area contributed by atoms with Crippen molar-refractivity contribution in [1.29, 1.82) is 0 Å². The molecule has 164 valence electrons. The second kappa shape index (κ2) is 10.4. The minimum Gasteiger partial charge on any atom is -0.484 e. The number of para-hydroxylation sites is 2. The van der Waals surface area contributed by atoms with Gasteiger partial charge in [0.25, 0.3) is 0 Å². The third-order valence-corrected chi connectivity index (χ3v) is 5.93. The van der Waals surface area contributed by atoms with Crippen LogP contribution in [0.2, 0.25) is 5.02 Å². The highest BCUT2D eigenvalue weighted by molar-refractivity contribution is 8.00. The van der Waals surface area contributed by atoms with Gasteiger partial charge >= 0.3 is 0 Å². The highest BCUT2D eigenvalue weighted by Crippen LogP contribution is 2.28. The van der Waals surface area contributed by atoms with E-state index in [4.69, 9.17) is 20.8 Å². The van der Waals surface area contributed by atoms with E-state index in [-0.39, 0.29) is 12.5 Å². The van der Waals surface area contributed by atoms with Crippen molar-refractivity contribution >= 4 is 29.3 Å². The maximum absolute atomic E-state index is 12.6. The number of carbonyl (C=O) groups is 1. The molecule has 0 spiro atoms. The number of benzene rings is 2. The lowest BCUT2D eigenvalue weighted by Crippen LogP contribution is -2.30. The van der Waals surface area contributed by atoms with Crippen LogP contribution in [0.25, 0.3) is 5.69 Å². The fourth-order valence-corrected chi connectivity index (χ4v) is 4.05. The van der Waals surface area contributed by atoms with Crippen LogP contribution in [-0.2, 0) is 17.9 Å². The first-order valence-electron chi connectivity index (χ1n) is 9.95. The van der Waals surface area contributed by atoms with Crippen molar-refractivity contribution in [2.24, 2.45) is 0 Å². The largest absolute Gasteiger partial charge is 0.484 e. The Bertz CT molecular complexity index is 1170. The number of hydrogen-bond donors (Lipinski definition) is 1. The molecule has 1 N–H and O–H groups in total. The molecule has 0 aliphatic heterocycles. The Balaban J connectivity index is 1.51. The SMILES string of the molecule is C[C@H](Sc1nnc(COc2ccccc2Cl)n1-c1ccccc1)C(=O)NCc1ccco1. The maximum atomic E-state index is 12.6. The van der Waals surface area contributed by atoms with Gasteiger partial charge in [0.05, 0.1) is 23.1 Å². The van der Waals surface area contributed by atoms with Crippen molar-refractivity contribution in [2.75, 3.05) is 0 Å². The molecule has 9 heteroatoms. The lowest BCUT2D eigenvalue weighted by molar-refractivity contribution is -0.120. The van der Waals surface area contributed by atoms with E-state index >= 15 is 0 Å². The number of carbonyl (C=O) groups excluding carboxylic acids is 1. The van der Waals surface area contributed by atoms with Crippen LogP contribution >= 0.6 is 23.4 Å². The molecule has 4 rings (SSSR count). The lowest BCUT2D eigenvalue weighted by atomic mass is 10.3. The van der Waals surface area contributed by atoms with E-state index in [2.05, 4.69) is 15.5 Å². The topological polar surface area (TPSA) is 82.2 Å². The van der Waals surface area contributed by atoms with Gasteiger partial charge in [0.1, 0.15) is 18.1 Å². The molecule has 1 amide bonds. The number of thioether (sulfide) groups is 1. The molecule has 0 fully saturated rings. The van der Waals surface area contributed by atoms with Gasteiger partial charge in [0.2, 0.25) is 5.91 Å². The van der Waals surface area contributed by atoms with E-state index in [9.17, 15) is 4.79 Å². The highest BCUT2D eigenvalue weighted by Gasteiger charge is 2.21. The van der Waals surface area contributed by atoms with E-state index in [1.807, 2.05) is 60.0 Å². The van der Waals surface area contributed by atoms with Crippen LogP contribution < -0.4 is 10.1 Å². The van der Waals surface area contributed by atoms with Gasteiger partial charge in [-0.1, -0.05) is 53.7 Å². The number of rotatable bonds is 9. The number of aromatic nitrogens is 3. The molecule has 0 bridgehead atoms. The molecule has 2 aromatic heterocycles. The van der Waals surface area contributed by atoms with Crippen LogP contribution in [0.15, 0.2) is 82.6 Å². The summed E-state index contributed by atoms with van der Waals surface area (Å²) in [6.07, 6.45) is 1.58.